The van der Waals surface area contributed by atoms with Gasteiger partial charge in [0.25, 0.3) is 5.91 Å². The van der Waals surface area contributed by atoms with Crippen molar-refractivity contribution in [2.24, 2.45) is 0 Å². The molecule has 0 aliphatic carbocycles. The third-order valence-corrected chi connectivity index (χ3v) is 3.05. The number of rotatable bonds is 5. The van der Waals surface area contributed by atoms with Crippen molar-refractivity contribution >= 4 is 11.6 Å². The van der Waals surface area contributed by atoms with Gasteiger partial charge in [-0.3, -0.25) is 4.79 Å². The van der Waals surface area contributed by atoms with Crippen LogP contribution in [0.1, 0.15) is 24.2 Å². The highest BCUT2D eigenvalue weighted by molar-refractivity contribution is 5.99. The smallest absolute Gasteiger partial charge is 0.256 e. The van der Waals surface area contributed by atoms with Crippen LogP contribution in [0.15, 0.2) is 18.2 Å². The Morgan fingerprint density at radius 1 is 1.42 bits per heavy atom. The molecule has 0 aromatic heterocycles. The van der Waals surface area contributed by atoms with E-state index in [4.69, 9.17) is 5.73 Å². The molecule has 4 nitrogen and oxygen atoms in total. The summed E-state index contributed by atoms with van der Waals surface area (Å²) in [6.07, 6.45) is 0. The van der Waals surface area contributed by atoms with Crippen molar-refractivity contribution in [2.75, 3.05) is 32.9 Å². The summed E-state index contributed by atoms with van der Waals surface area (Å²) in [7, 11) is 3.90. The molecule has 19 heavy (non-hydrogen) atoms. The Kier molecular flexibility index (Phi) is 5.30. The SMILES string of the molecule is CCN(C(=O)c1cccc(F)c1N)C(C)CN(C)C. The predicted octanol–water partition coefficient (Wildman–Crippen LogP) is 1.82. The summed E-state index contributed by atoms with van der Waals surface area (Å²) in [6.45, 7) is 5.18. The van der Waals surface area contributed by atoms with Gasteiger partial charge in [0.2, 0.25) is 0 Å². The van der Waals surface area contributed by atoms with Crippen LogP contribution in [-0.2, 0) is 0 Å². The minimum Gasteiger partial charge on any atom is -0.396 e. The van der Waals surface area contributed by atoms with Crippen molar-refractivity contribution in [2.45, 2.75) is 19.9 Å². The molecule has 0 aliphatic rings. The van der Waals surface area contributed by atoms with Crippen LogP contribution in [0, 0.1) is 5.82 Å². The van der Waals surface area contributed by atoms with E-state index in [1.807, 2.05) is 32.8 Å². The van der Waals surface area contributed by atoms with E-state index in [0.717, 1.165) is 6.54 Å². The van der Waals surface area contributed by atoms with E-state index in [-0.39, 0.29) is 23.2 Å². The summed E-state index contributed by atoms with van der Waals surface area (Å²) in [5, 5.41) is 0. The molecule has 0 bridgehead atoms. The summed E-state index contributed by atoms with van der Waals surface area (Å²) >= 11 is 0. The van der Waals surface area contributed by atoms with E-state index in [2.05, 4.69) is 0 Å². The van der Waals surface area contributed by atoms with E-state index in [9.17, 15) is 9.18 Å². The van der Waals surface area contributed by atoms with Crippen LogP contribution in [0.2, 0.25) is 0 Å². The number of nitrogens with two attached hydrogens (primary N) is 1. The highest BCUT2D eigenvalue weighted by Gasteiger charge is 2.22. The summed E-state index contributed by atoms with van der Waals surface area (Å²) in [4.78, 5) is 16.1. The summed E-state index contributed by atoms with van der Waals surface area (Å²) in [6, 6.07) is 4.36. The number of carbonyl (C=O) groups is 1. The van der Waals surface area contributed by atoms with Gasteiger partial charge < -0.3 is 15.5 Å². The van der Waals surface area contributed by atoms with Gasteiger partial charge in [-0.05, 0) is 40.1 Å². The Labute approximate surface area is 114 Å². The average molecular weight is 267 g/mol. The number of para-hydroxylation sites is 1. The molecule has 1 atom stereocenters. The maximum absolute atomic E-state index is 13.4. The number of likely N-dealkylation sites (N-methyl/N-ethyl adjacent to an activating group) is 2. The van der Waals surface area contributed by atoms with Crippen molar-refractivity contribution in [3.05, 3.63) is 29.6 Å². The van der Waals surface area contributed by atoms with Gasteiger partial charge in [0, 0.05) is 19.1 Å². The molecule has 106 valence electrons. The second-order valence-corrected chi connectivity index (χ2v) is 4.90. The number of amides is 1. The maximum Gasteiger partial charge on any atom is 0.256 e. The lowest BCUT2D eigenvalue weighted by Gasteiger charge is -2.30. The van der Waals surface area contributed by atoms with Gasteiger partial charge in [-0.15, -0.1) is 0 Å². The largest absolute Gasteiger partial charge is 0.396 e. The van der Waals surface area contributed by atoms with Crippen LogP contribution >= 0.6 is 0 Å². The fraction of sp³-hybridized carbons (Fsp3) is 0.500. The van der Waals surface area contributed by atoms with E-state index in [1.54, 1.807) is 11.0 Å². The van der Waals surface area contributed by atoms with Crippen LogP contribution in [0.25, 0.3) is 0 Å². The van der Waals surface area contributed by atoms with Gasteiger partial charge in [0.05, 0.1) is 11.3 Å². The molecule has 2 N–H and O–H groups in total. The number of halogens is 1. The standard InChI is InChI=1S/C14H22FN3O/c1-5-18(10(2)9-17(3)4)14(19)11-7-6-8-12(15)13(11)16/h6-8,10H,5,9,16H2,1-4H3. The van der Waals surface area contributed by atoms with Crippen LogP contribution in [0.3, 0.4) is 0 Å². The highest BCUT2D eigenvalue weighted by atomic mass is 19.1. The van der Waals surface area contributed by atoms with Crippen molar-refractivity contribution < 1.29 is 9.18 Å². The van der Waals surface area contributed by atoms with Gasteiger partial charge in [-0.2, -0.15) is 0 Å². The first-order chi connectivity index (χ1) is 8.88. The number of hydrogen-bond donors (Lipinski definition) is 1. The summed E-state index contributed by atoms with van der Waals surface area (Å²) in [5.74, 6) is -0.781. The number of hydrogen-bond acceptors (Lipinski definition) is 3. The van der Waals surface area contributed by atoms with Crippen molar-refractivity contribution in [1.82, 2.24) is 9.80 Å². The van der Waals surface area contributed by atoms with Crippen molar-refractivity contribution in [3.63, 3.8) is 0 Å². The predicted molar refractivity (Wildman–Crippen MR) is 75.5 cm³/mol. The molecule has 1 unspecified atom stereocenters. The fourth-order valence-electron chi connectivity index (χ4n) is 2.16. The Morgan fingerprint density at radius 2 is 2.05 bits per heavy atom. The molecule has 1 aromatic rings. The number of nitrogen functional groups attached to an aromatic ring is 1. The normalized spacial score (nSPS) is 12.5. The zero-order valence-electron chi connectivity index (χ0n) is 12.0. The second kappa shape index (κ2) is 6.52. The van der Waals surface area contributed by atoms with E-state index in [0.29, 0.717) is 6.54 Å². The molecule has 0 heterocycles. The Hall–Kier alpha value is -1.62. The van der Waals surface area contributed by atoms with E-state index >= 15 is 0 Å². The fourth-order valence-corrected chi connectivity index (χ4v) is 2.16. The first kappa shape index (κ1) is 15.4. The minimum absolute atomic E-state index is 0.0372. The Bertz CT molecular complexity index is 448. The Morgan fingerprint density at radius 3 is 2.58 bits per heavy atom. The van der Waals surface area contributed by atoms with Crippen molar-refractivity contribution in [1.29, 1.82) is 0 Å². The molecule has 0 radical (unpaired) electrons. The van der Waals surface area contributed by atoms with E-state index in [1.165, 1.54) is 12.1 Å². The van der Waals surface area contributed by atoms with Crippen molar-refractivity contribution in [3.8, 4) is 0 Å². The molecule has 0 aliphatic heterocycles. The molecule has 1 rings (SSSR count). The van der Waals surface area contributed by atoms with Crippen LogP contribution in [0.4, 0.5) is 10.1 Å². The van der Waals surface area contributed by atoms with E-state index < -0.39 is 5.82 Å². The molecule has 1 aromatic carbocycles. The summed E-state index contributed by atoms with van der Waals surface area (Å²) < 4.78 is 13.4. The topological polar surface area (TPSA) is 49.6 Å². The van der Waals surface area contributed by atoms with Gasteiger partial charge in [-0.1, -0.05) is 6.07 Å². The lowest BCUT2D eigenvalue weighted by Crippen LogP contribution is -2.44. The third-order valence-electron chi connectivity index (χ3n) is 3.05. The summed E-state index contributed by atoms with van der Waals surface area (Å²) in [5.41, 5.74) is 5.79. The van der Waals surface area contributed by atoms with Gasteiger partial charge in [-0.25, -0.2) is 4.39 Å². The lowest BCUT2D eigenvalue weighted by molar-refractivity contribution is 0.0679. The molecule has 0 saturated heterocycles. The van der Waals surface area contributed by atoms with Gasteiger partial charge in [0.1, 0.15) is 5.82 Å². The third kappa shape index (κ3) is 3.67. The number of benzene rings is 1. The molecule has 0 saturated carbocycles. The molecule has 1 amide bonds. The molecular weight excluding hydrogens is 245 g/mol. The monoisotopic (exact) mass is 267 g/mol. The van der Waals surface area contributed by atoms with Crippen LogP contribution in [-0.4, -0.2) is 48.9 Å². The number of carbonyl (C=O) groups excluding carboxylic acids is 1. The number of anilines is 1. The second-order valence-electron chi connectivity index (χ2n) is 4.90. The molecule has 0 spiro atoms. The van der Waals surface area contributed by atoms with Gasteiger partial charge in [0.15, 0.2) is 0 Å². The zero-order valence-corrected chi connectivity index (χ0v) is 12.0. The van der Waals surface area contributed by atoms with Gasteiger partial charge >= 0.3 is 0 Å². The highest BCUT2D eigenvalue weighted by Crippen LogP contribution is 2.19. The zero-order chi connectivity index (χ0) is 14.6. The maximum atomic E-state index is 13.4. The molecular formula is C14H22FN3O. The van der Waals surface area contributed by atoms with Crippen LogP contribution < -0.4 is 5.73 Å². The Balaban J connectivity index is 2.98. The molecule has 0 fully saturated rings. The average Bonchev–Trinajstić information content (AvgIpc) is 2.32. The molecule has 5 heteroatoms. The quantitative estimate of drug-likeness (QED) is 0.828. The first-order valence-corrected chi connectivity index (χ1v) is 6.38. The van der Waals surface area contributed by atoms with Crippen LogP contribution in [0.5, 0.6) is 0 Å². The lowest BCUT2D eigenvalue weighted by atomic mass is 10.1. The minimum atomic E-state index is -0.554. The first-order valence-electron chi connectivity index (χ1n) is 6.38. The number of nitrogens with zero attached hydrogens (tertiary/aromatic N) is 2.